The number of aromatic carboxylic acids is 1. The van der Waals surface area contributed by atoms with E-state index in [-0.39, 0.29) is 5.56 Å². The number of fused-ring (bicyclic) bond motifs is 1. The predicted octanol–water partition coefficient (Wildman–Crippen LogP) is 4.51. The number of hydrogen-bond donors (Lipinski definition) is 2. The molecule has 4 nitrogen and oxygen atoms in total. The lowest BCUT2D eigenvalue weighted by molar-refractivity contribution is 0.0696. The Balaban J connectivity index is 1.95. The number of hydrogen-bond acceptors (Lipinski definition) is 3. The lowest BCUT2D eigenvalue weighted by Gasteiger charge is -2.07. The van der Waals surface area contributed by atoms with Gasteiger partial charge in [-0.15, -0.1) is 0 Å². The molecule has 5 heteroatoms. The topological polar surface area (TPSA) is 62.5 Å². The smallest absolute Gasteiger partial charge is 0.339 e. The van der Waals surface area contributed by atoms with Crippen LogP contribution in [0, 0.1) is 0 Å². The Labute approximate surface area is 129 Å². The lowest BCUT2D eigenvalue weighted by Crippen LogP contribution is -2.05. The summed E-state index contributed by atoms with van der Waals surface area (Å²) in [5, 5.41) is 13.2. The maximum Gasteiger partial charge on any atom is 0.339 e. The number of anilines is 1. The summed E-state index contributed by atoms with van der Waals surface area (Å²) in [7, 11) is 0. The van der Waals surface area contributed by atoms with E-state index < -0.39 is 5.97 Å². The van der Waals surface area contributed by atoms with E-state index in [1.54, 1.807) is 18.2 Å². The van der Waals surface area contributed by atoms with Crippen molar-refractivity contribution in [1.29, 1.82) is 0 Å². The Morgan fingerprint density at radius 1 is 1.14 bits per heavy atom. The van der Waals surface area contributed by atoms with E-state index in [1.807, 2.05) is 30.3 Å². The Morgan fingerprint density at radius 3 is 2.62 bits per heavy atom. The van der Waals surface area contributed by atoms with E-state index in [0.29, 0.717) is 23.3 Å². The number of furan rings is 1. The molecular weight excluding hydrogens is 334 g/mol. The monoisotopic (exact) mass is 345 g/mol. The molecule has 0 aliphatic heterocycles. The van der Waals surface area contributed by atoms with Gasteiger partial charge < -0.3 is 14.8 Å². The van der Waals surface area contributed by atoms with Crippen LogP contribution in [0.4, 0.5) is 5.69 Å². The number of halogens is 1. The largest absolute Gasteiger partial charge is 0.478 e. The minimum atomic E-state index is -0.983. The number of para-hydroxylation sites is 2. The molecule has 21 heavy (non-hydrogen) atoms. The van der Waals surface area contributed by atoms with Crippen molar-refractivity contribution in [3.8, 4) is 0 Å². The summed E-state index contributed by atoms with van der Waals surface area (Å²) in [5.41, 5.74) is 1.68. The van der Waals surface area contributed by atoms with Gasteiger partial charge in [-0.05, 0) is 34.1 Å². The van der Waals surface area contributed by atoms with Gasteiger partial charge in [0.2, 0.25) is 0 Å². The van der Waals surface area contributed by atoms with Gasteiger partial charge in [0.15, 0.2) is 0 Å². The zero-order valence-electron chi connectivity index (χ0n) is 11.0. The van der Waals surface area contributed by atoms with E-state index in [1.165, 1.54) is 0 Å². The Morgan fingerprint density at radius 2 is 1.86 bits per heavy atom. The van der Waals surface area contributed by atoms with Crippen molar-refractivity contribution in [2.45, 2.75) is 6.54 Å². The molecule has 0 bridgehead atoms. The van der Waals surface area contributed by atoms with Crippen molar-refractivity contribution < 1.29 is 14.3 Å². The third-order valence-electron chi connectivity index (χ3n) is 3.20. The standard InChI is InChI=1S/C16H12BrNO3/c17-11-6-2-3-7-12(11)18-9-14-15(16(19)20)10-5-1-4-8-13(10)21-14/h1-8,18H,9H2,(H,19,20). The van der Waals surface area contributed by atoms with Gasteiger partial charge in [0.05, 0.1) is 6.54 Å². The third-order valence-corrected chi connectivity index (χ3v) is 3.89. The van der Waals surface area contributed by atoms with Crippen molar-refractivity contribution in [3.63, 3.8) is 0 Å². The van der Waals surface area contributed by atoms with E-state index in [2.05, 4.69) is 21.2 Å². The summed E-state index contributed by atoms with van der Waals surface area (Å²) in [6, 6.07) is 14.8. The maximum atomic E-state index is 11.5. The second kappa shape index (κ2) is 5.61. The molecule has 0 saturated heterocycles. The first-order chi connectivity index (χ1) is 10.2. The second-order valence-electron chi connectivity index (χ2n) is 4.53. The molecule has 2 N–H and O–H groups in total. The quantitative estimate of drug-likeness (QED) is 0.730. The van der Waals surface area contributed by atoms with Gasteiger partial charge in [0.25, 0.3) is 0 Å². The molecule has 0 aliphatic rings. The van der Waals surface area contributed by atoms with Crippen LogP contribution in [0.25, 0.3) is 11.0 Å². The van der Waals surface area contributed by atoms with Crippen LogP contribution in [-0.2, 0) is 6.54 Å². The second-order valence-corrected chi connectivity index (χ2v) is 5.39. The molecule has 0 saturated carbocycles. The molecule has 0 atom stereocenters. The summed E-state index contributed by atoms with van der Waals surface area (Å²) in [6.45, 7) is 0.304. The summed E-state index contributed by atoms with van der Waals surface area (Å²) in [6.07, 6.45) is 0. The highest BCUT2D eigenvalue weighted by Crippen LogP contribution is 2.28. The fourth-order valence-corrected chi connectivity index (χ4v) is 2.66. The molecule has 0 unspecified atom stereocenters. The van der Waals surface area contributed by atoms with Crippen molar-refractivity contribution in [2.75, 3.05) is 5.32 Å². The number of nitrogens with one attached hydrogen (secondary N) is 1. The predicted molar refractivity (Wildman–Crippen MR) is 84.6 cm³/mol. The van der Waals surface area contributed by atoms with Crippen LogP contribution in [0.3, 0.4) is 0 Å². The highest BCUT2D eigenvalue weighted by molar-refractivity contribution is 9.10. The van der Waals surface area contributed by atoms with Crippen LogP contribution >= 0.6 is 15.9 Å². The molecule has 0 amide bonds. The number of rotatable bonds is 4. The lowest BCUT2D eigenvalue weighted by atomic mass is 10.1. The number of carboxylic acids is 1. The first-order valence-electron chi connectivity index (χ1n) is 6.39. The maximum absolute atomic E-state index is 11.5. The Bertz CT molecular complexity index is 810. The van der Waals surface area contributed by atoms with E-state index in [4.69, 9.17) is 4.42 Å². The number of benzene rings is 2. The molecule has 0 fully saturated rings. The zero-order valence-corrected chi connectivity index (χ0v) is 12.6. The molecular formula is C16H12BrNO3. The van der Waals surface area contributed by atoms with Gasteiger partial charge in [-0.3, -0.25) is 0 Å². The van der Waals surface area contributed by atoms with Gasteiger partial charge in [0.1, 0.15) is 16.9 Å². The highest BCUT2D eigenvalue weighted by atomic mass is 79.9. The Kier molecular flexibility index (Phi) is 3.66. The normalized spacial score (nSPS) is 10.7. The van der Waals surface area contributed by atoms with Gasteiger partial charge in [-0.1, -0.05) is 30.3 Å². The van der Waals surface area contributed by atoms with Gasteiger partial charge in [-0.25, -0.2) is 4.79 Å². The van der Waals surface area contributed by atoms with Gasteiger partial charge >= 0.3 is 5.97 Å². The van der Waals surface area contributed by atoms with E-state index in [9.17, 15) is 9.90 Å². The van der Waals surface area contributed by atoms with Crippen LogP contribution in [0.2, 0.25) is 0 Å². The van der Waals surface area contributed by atoms with Gasteiger partial charge in [0, 0.05) is 15.5 Å². The number of carbonyl (C=O) groups is 1. The molecule has 3 rings (SSSR count). The summed E-state index contributed by atoms with van der Waals surface area (Å²) >= 11 is 3.44. The molecule has 1 heterocycles. The minimum Gasteiger partial charge on any atom is -0.478 e. The molecule has 0 aliphatic carbocycles. The average molecular weight is 346 g/mol. The SMILES string of the molecule is O=C(O)c1c(CNc2ccccc2Br)oc2ccccc12. The van der Waals surface area contributed by atoms with Crippen LogP contribution < -0.4 is 5.32 Å². The van der Waals surface area contributed by atoms with Crippen molar-refractivity contribution in [1.82, 2.24) is 0 Å². The average Bonchev–Trinajstić information content (AvgIpc) is 2.85. The fourth-order valence-electron chi connectivity index (χ4n) is 2.24. The van der Waals surface area contributed by atoms with E-state index >= 15 is 0 Å². The van der Waals surface area contributed by atoms with Crippen LogP contribution in [0.5, 0.6) is 0 Å². The van der Waals surface area contributed by atoms with Crippen molar-refractivity contribution in [2.24, 2.45) is 0 Å². The van der Waals surface area contributed by atoms with Crippen LogP contribution in [0.15, 0.2) is 57.4 Å². The molecule has 3 aromatic rings. The molecule has 2 aromatic carbocycles. The summed E-state index contributed by atoms with van der Waals surface area (Å²) < 4.78 is 6.58. The number of carboxylic acid groups (broad SMARTS) is 1. The molecule has 106 valence electrons. The third kappa shape index (κ3) is 2.64. The van der Waals surface area contributed by atoms with Gasteiger partial charge in [-0.2, -0.15) is 0 Å². The first kappa shape index (κ1) is 13.7. The minimum absolute atomic E-state index is 0.213. The fraction of sp³-hybridized carbons (Fsp3) is 0.0625. The van der Waals surface area contributed by atoms with Crippen LogP contribution in [0.1, 0.15) is 16.1 Å². The Hall–Kier alpha value is -2.27. The molecule has 0 spiro atoms. The van der Waals surface area contributed by atoms with Crippen molar-refractivity contribution in [3.05, 3.63) is 64.3 Å². The van der Waals surface area contributed by atoms with Crippen LogP contribution in [-0.4, -0.2) is 11.1 Å². The van der Waals surface area contributed by atoms with E-state index in [0.717, 1.165) is 10.2 Å². The summed E-state index contributed by atoms with van der Waals surface area (Å²) in [4.78, 5) is 11.5. The molecule has 0 radical (unpaired) electrons. The first-order valence-corrected chi connectivity index (χ1v) is 7.18. The molecule has 1 aromatic heterocycles. The summed E-state index contributed by atoms with van der Waals surface area (Å²) in [5.74, 6) is -0.566. The van der Waals surface area contributed by atoms with Crippen molar-refractivity contribution >= 4 is 38.6 Å². The zero-order chi connectivity index (χ0) is 14.8. The highest BCUT2D eigenvalue weighted by Gasteiger charge is 2.19.